The number of hydrogen-bond donors (Lipinski definition) is 0. The molecule has 146 valence electrons. The Morgan fingerprint density at radius 3 is 2.78 bits per heavy atom. The van der Waals surface area contributed by atoms with Crippen molar-refractivity contribution in [1.29, 1.82) is 0 Å². The van der Waals surface area contributed by atoms with E-state index < -0.39 is 0 Å². The minimum atomic E-state index is -0.197. The lowest BCUT2D eigenvalue weighted by Gasteiger charge is -2.27. The number of hydrogen-bond acceptors (Lipinski definition) is 6. The third-order valence-corrected chi connectivity index (χ3v) is 5.37. The molecule has 27 heavy (non-hydrogen) atoms. The smallest absolute Gasteiger partial charge is 0.286 e. The highest BCUT2D eigenvalue weighted by Crippen LogP contribution is 2.33. The molecule has 6 nitrogen and oxygen atoms in total. The maximum atomic E-state index is 12.3. The Balaban J connectivity index is 1.68. The summed E-state index contributed by atoms with van der Waals surface area (Å²) in [5.41, 5.74) is 0.886. The SMILES string of the molecule is COc1cc(/C=C2\SC(N3CCOCC3)=NC2=O)ccc1OCCC(C)C. The van der Waals surface area contributed by atoms with Crippen LogP contribution in [0.5, 0.6) is 11.5 Å². The number of carbonyl (C=O) groups excluding carboxylic acids is 1. The molecule has 1 amide bonds. The van der Waals surface area contributed by atoms with Crippen LogP contribution in [0, 0.1) is 5.92 Å². The van der Waals surface area contributed by atoms with Crippen molar-refractivity contribution in [2.24, 2.45) is 10.9 Å². The van der Waals surface area contributed by atoms with Gasteiger partial charge >= 0.3 is 0 Å². The van der Waals surface area contributed by atoms with Crippen molar-refractivity contribution < 1.29 is 19.0 Å². The summed E-state index contributed by atoms with van der Waals surface area (Å²) in [4.78, 5) is 19.2. The zero-order valence-electron chi connectivity index (χ0n) is 16.1. The van der Waals surface area contributed by atoms with Crippen molar-refractivity contribution in [2.75, 3.05) is 40.0 Å². The first-order valence-corrected chi connectivity index (χ1v) is 10.0. The van der Waals surface area contributed by atoms with E-state index in [9.17, 15) is 4.79 Å². The van der Waals surface area contributed by atoms with E-state index in [1.807, 2.05) is 24.3 Å². The number of methoxy groups -OCH3 is 1. The van der Waals surface area contributed by atoms with Gasteiger partial charge in [0.15, 0.2) is 16.7 Å². The fourth-order valence-corrected chi connectivity index (χ4v) is 3.70. The summed E-state index contributed by atoms with van der Waals surface area (Å²) in [7, 11) is 1.62. The average molecular weight is 391 g/mol. The van der Waals surface area contributed by atoms with Gasteiger partial charge in [-0.2, -0.15) is 4.99 Å². The van der Waals surface area contributed by atoms with Gasteiger partial charge in [0.05, 0.1) is 31.8 Å². The first-order chi connectivity index (χ1) is 13.1. The molecule has 0 saturated carbocycles. The second-order valence-corrected chi connectivity index (χ2v) is 7.86. The molecule has 0 aromatic heterocycles. The second-order valence-electron chi connectivity index (χ2n) is 6.85. The molecule has 3 rings (SSSR count). The molecular weight excluding hydrogens is 364 g/mol. The molecule has 2 aliphatic rings. The van der Waals surface area contributed by atoms with Crippen LogP contribution in [0.25, 0.3) is 6.08 Å². The molecule has 0 bridgehead atoms. The highest BCUT2D eigenvalue weighted by Gasteiger charge is 2.27. The number of aliphatic imine (C=N–C) groups is 1. The van der Waals surface area contributed by atoms with Crippen LogP contribution in [0.4, 0.5) is 0 Å². The molecule has 0 unspecified atom stereocenters. The van der Waals surface area contributed by atoms with E-state index in [0.717, 1.165) is 36.0 Å². The summed E-state index contributed by atoms with van der Waals surface area (Å²) in [5.74, 6) is 1.78. The van der Waals surface area contributed by atoms with Crippen LogP contribution in [0.15, 0.2) is 28.1 Å². The average Bonchev–Trinajstić information content (AvgIpc) is 3.03. The maximum absolute atomic E-state index is 12.3. The topological polar surface area (TPSA) is 60.4 Å². The summed E-state index contributed by atoms with van der Waals surface area (Å²) < 4.78 is 16.6. The normalized spacial score (nSPS) is 19.0. The quantitative estimate of drug-likeness (QED) is 0.694. The number of rotatable bonds is 6. The molecule has 0 spiro atoms. The van der Waals surface area contributed by atoms with Gasteiger partial charge in [-0.15, -0.1) is 0 Å². The molecule has 0 N–H and O–H groups in total. The van der Waals surface area contributed by atoms with E-state index >= 15 is 0 Å². The van der Waals surface area contributed by atoms with Gasteiger partial charge in [0.1, 0.15) is 0 Å². The summed E-state index contributed by atoms with van der Waals surface area (Å²) >= 11 is 1.41. The number of thioether (sulfide) groups is 1. The molecule has 2 heterocycles. The number of morpholine rings is 1. The van der Waals surface area contributed by atoms with Crippen molar-refractivity contribution in [3.05, 3.63) is 28.7 Å². The fourth-order valence-electron chi connectivity index (χ4n) is 2.74. The molecule has 1 saturated heterocycles. The molecule has 1 fully saturated rings. The highest BCUT2D eigenvalue weighted by atomic mass is 32.2. The largest absolute Gasteiger partial charge is 0.493 e. The predicted molar refractivity (Wildman–Crippen MR) is 108 cm³/mol. The third kappa shape index (κ3) is 5.26. The monoisotopic (exact) mass is 390 g/mol. The van der Waals surface area contributed by atoms with E-state index in [2.05, 4.69) is 23.7 Å². The lowest BCUT2D eigenvalue weighted by Crippen LogP contribution is -2.38. The van der Waals surface area contributed by atoms with Crippen molar-refractivity contribution >= 4 is 28.9 Å². The predicted octanol–water partition coefficient (Wildman–Crippen LogP) is 3.42. The van der Waals surface area contributed by atoms with E-state index in [0.29, 0.717) is 36.4 Å². The van der Waals surface area contributed by atoms with Crippen molar-refractivity contribution in [2.45, 2.75) is 20.3 Å². The Bertz CT molecular complexity index is 739. The number of ether oxygens (including phenoxy) is 3. The van der Waals surface area contributed by atoms with E-state index in [1.54, 1.807) is 7.11 Å². The van der Waals surface area contributed by atoms with Crippen molar-refractivity contribution in [1.82, 2.24) is 4.90 Å². The summed E-state index contributed by atoms with van der Waals surface area (Å²) in [5, 5.41) is 0.759. The van der Waals surface area contributed by atoms with Crippen LogP contribution in [0.1, 0.15) is 25.8 Å². The van der Waals surface area contributed by atoms with E-state index in [4.69, 9.17) is 14.2 Å². The van der Waals surface area contributed by atoms with Crippen molar-refractivity contribution in [3.63, 3.8) is 0 Å². The first kappa shape index (κ1) is 19.8. The molecule has 0 aliphatic carbocycles. The zero-order valence-corrected chi connectivity index (χ0v) is 16.9. The van der Waals surface area contributed by atoms with Gasteiger partial charge in [0, 0.05) is 13.1 Å². The number of benzene rings is 1. The molecule has 1 aromatic rings. The van der Waals surface area contributed by atoms with E-state index in [-0.39, 0.29) is 5.91 Å². The van der Waals surface area contributed by atoms with Gasteiger partial charge in [0.2, 0.25) is 0 Å². The van der Waals surface area contributed by atoms with Crippen LogP contribution in [0.3, 0.4) is 0 Å². The molecule has 7 heteroatoms. The molecule has 0 atom stereocenters. The van der Waals surface area contributed by atoms with Crippen molar-refractivity contribution in [3.8, 4) is 11.5 Å². The number of carbonyl (C=O) groups is 1. The third-order valence-electron chi connectivity index (χ3n) is 4.33. The van der Waals surface area contributed by atoms with Crippen LogP contribution in [0.2, 0.25) is 0 Å². The maximum Gasteiger partial charge on any atom is 0.286 e. The van der Waals surface area contributed by atoms with Gasteiger partial charge in [-0.3, -0.25) is 4.79 Å². The first-order valence-electron chi connectivity index (χ1n) is 9.23. The van der Waals surface area contributed by atoms with Crippen LogP contribution >= 0.6 is 11.8 Å². The lowest BCUT2D eigenvalue weighted by atomic mass is 10.1. The standard InChI is InChI=1S/C20H26N2O4S/c1-14(2)6-9-26-16-5-4-15(12-17(16)24-3)13-18-19(23)21-20(27-18)22-7-10-25-11-8-22/h4-5,12-14H,6-11H2,1-3H3/b18-13-. The summed E-state index contributed by atoms with van der Waals surface area (Å²) in [6.07, 6.45) is 2.84. The zero-order chi connectivity index (χ0) is 19.2. The van der Waals surface area contributed by atoms with Crippen LogP contribution in [-0.4, -0.2) is 56.0 Å². The Kier molecular flexibility index (Phi) is 6.79. The second kappa shape index (κ2) is 9.28. The minimum absolute atomic E-state index is 0.197. The molecular formula is C20H26N2O4S. The van der Waals surface area contributed by atoms with Crippen LogP contribution < -0.4 is 9.47 Å². The Morgan fingerprint density at radius 2 is 2.07 bits per heavy atom. The lowest BCUT2D eigenvalue weighted by molar-refractivity contribution is -0.113. The van der Waals surface area contributed by atoms with Gasteiger partial charge in [-0.05, 0) is 47.9 Å². The number of nitrogens with zero attached hydrogens (tertiary/aromatic N) is 2. The van der Waals surface area contributed by atoms with Crippen LogP contribution in [-0.2, 0) is 9.53 Å². The molecule has 2 aliphatic heterocycles. The Labute approximate surface area is 164 Å². The summed E-state index contributed by atoms with van der Waals surface area (Å²) in [6.45, 7) is 7.86. The van der Waals surface area contributed by atoms with Gasteiger partial charge in [0.25, 0.3) is 5.91 Å². The highest BCUT2D eigenvalue weighted by molar-refractivity contribution is 8.18. The minimum Gasteiger partial charge on any atom is -0.493 e. The molecule has 0 radical (unpaired) electrons. The van der Waals surface area contributed by atoms with Gasteiger partial charge in [-0.25, -0.2) is 0 Å². The van der Waals surface area contributed by atoms with Gasteiger partial charge < -0.3 is 19.1 Å². The van der Waals surface area contributed by atoms with Gasteiger partial charge in [-0.1, -0.05) is 19.9 Å². The summed E-state index contributed by atoms with van der Waals surface area (Å²) in [6, 6.07) is 5.71. The Hall–Kier alpha value is -1.99. The Morgan fingerprint density at radius 1 is 1.30 bits per heavy atom. The molecule has 1 aromatic carbocycles. The number of amides is 1. The van der Waals surface area contributed by atoms with E-state index in [1.165, 1.54) is 11.8 Å². The fraction of sp³-hybridized carbons (Fsp3) is 0.500. The number of amidine groups is 1.